The number of benzene rings is 1. The van der Waals surface area contributed by atoms with Crippen molar-refractivity contribution < 1.29 is 14.3 Å². The van der Waals surface area contributed by atoms with E-state index in [0.717, 1.165) is 35.0 Å². The maximum atomic E-state index is 12.2. The fourth-order valence-electron chi connectivity index (χ4n) is 2.79. The van der Waals surface area contributed by atoms with E-state index in [0.29, 0.717) is 25.5 Å². The molecule has 6 nitrogen and oxygen atoms in total. The molecule has 6 heteroatoms. The number of aryl methyl sites for hydroxylation is 1. The standard InChI is InChI=1S/C20H29N3O3/c1-14(2)13-23-16(4)19(15(3)22-23)12-20(24)21-9-10-26-18-8-6-7-17(11-18)25-5/h6-8,11,14H,9-10,12-13H2,1-5H3,(H,21,24). The van der Waals surface area contributed by atoms with E-state index in [2.05, 4.69) is 24.3 Å². The number of amides is 1. The fraction of sp³-hybridized carbons (Fsp3) is 0.500. The van der Waals surface area contributed by atoms with E-state index in [9.17, 15) is 4.79 Å². The second kappa shape index (κ2) is 9.27. The van der Waals surface area contributed by atoms with Crippen LogP contribution in [0.4, 0.5) is 0 Å². The zero-order valence-corrected chi connectivity index (χ0v) is 16.3. The largest absolute Gasteiger partial charge is 0.497 e. The Kier molecular flexibility index (Phi) is 7.06. The number of carbonyl (C=O) groups is 1. The molecule has 142 valence electrons. The minimum Gasteiger partial charge on any atom is -0.497 e. The highest BCUT2D eigenvalue weighted by Crippen LogP contribution is 2.18. The van der Waals surface area contributed by atoms with Crippen molar-refractivity contribution in [2.24, 2.45) is 5.92 Å². The summed E-state index contributed by atoms with van der Waals surface area (Å²) in [6.45, 7) is 10.0. The minimum atomic E-state index is -0.0189. The van der Waals surface area contributed by atoms with E-state index in [1.54, 1.807) is 7.11 Å². The Morgan fingerprint density at radius 2 is 2.00 bits per heavy atom. The molecule has 0 aliphatic rings. The number of rotatable bonds is 9. The maximum absolute atomic E-state index is 12.2. The summed E-state index contributed by atoms with van der Waals surface area (Å²) in [6.07, 6.45) is 0.342. The summed E-state index contributed by atoms with van der Waals surface area (Å²) in [6, 6.07) is 7.41. The summed E-state index contributed by atoms with van der Waals surface area (Å²) in [4.78, 5) is 12.2. The molecule has 1 aromatic carbocycles. The third-order valence-electron chi connectivity index (χ3n) is 4.14. The number of nitrogens with one attached hydrogen (secondary N) is 1. The van der Waals surface area contributed by atoms with Gasteiger partial charge in [-0.3, -0.25) is 9.48 Å². The van der Waals surface area contributed by atoms with Crippen molar-refractivity contribution >= 4 is 5.91 Å². The van der Waals surface area contributed by atoms with Gasteiger partial charge in [-0.05, 0) is 31.9 Å². The summed E-state index contributed by atoms with van der Waals surface area (Å²) in [5.41, 5.74) is 3.00. The molecular weight excluding hydrogens is 330 g/mol. The van der Waals surface area contributed by atoms with E-state index in [4.69, 9.17) is 9.47 Å². The first-order valence-corrected chi connectivity index (χ1v) is 8.97. The van der Waals surface area contributed by atoms with Crippen LogP contribution in [0.2, 0.25) is 0 Å². The smallest absolute Gasteiger partial charge is 0.224 e. The lowest BCUT2D eigenvalue weighted by Crippen LogP contribution is -2.29. The summed E-state index contributed by atoms with van der Waals surface area (Å²) in [7, 11) is 1.62. The monoisotopic (exact) mass is 359 g/mol. The predicted molar refractivity (Wildman–Crippen MR) is 102 cm³/mol. The van der Waals surface area contributed by atoms with Gasteiger partial charge in [0.25, 0.3) is 0 Å². The van der Waals surface area contributed by atoms with E-state index in [1.807, 2.05) is 42.8 Å². The van der Waals surface area contributed by atoms with E-state index in [-0.39, 0.29) is 5.91 Å². The van der Waals surface area contributed by atoms with E-state index >= 15 is 0 Å². The number of methoxy groups -OCH3 is 1. The minimum absolute atomic E-state index is 0.0189. The lowest BCUT2D eigenvalue weighted by Gasteiger charge is -2.10. The van der Waals surface area contributed by atoms with Gasteiger partial charge in [0.1, 0.15) is 18.1 Å². The molecule has 1 N–H and O–H groups in total. The van der Waals surface area contributed by atoms with Crippen LogP contribution < -0.4 is 14.8 Å². The quantitative estimate of drug-likeness (QED) is 0.699. The normalized spacial score (nSPS) is 10.8. The highest BCUT2D eigenvalue weighted by atomic mass is 16.5. The molecule has 26 heavy (non-hydrogen) atoms. The Labute approximate surface area is 155 Å². The molecule has 0 saturated heterocycles. The Hall–Kier alpha value is -2.50. The van der Waals surface area contributed by atoms with Crippen molar-refractivity contribution in [3.63, 3.8) is 0 Å². The van der Waals surface area contributed by atoms with Crippen LogP contribution in [-0.4, -0.2) is 35.9 Å². The van der Waals surface area contributed by atoms with Gasteiger partial charge in [-0.25, -0.2) is 0 Å². The maximum Gasteiger partial charge on any atom is 0.224 e. The van der Waals surface area contributed by atoms with Gasteiger partial charge in [0.15, 0.2) is 0 Å². The second-order valence-electron chi connectivity index (χ2n) is 6.78. The molecule has 1 aromatic heterocycles. The van der Waals surface area contributed by atoms with Gasteiger partial charge >= 0.3 is 0 Å². The van der Waals surface area contributed by atoms with Crippen molar-refractivity contribution in [2.45, 2.75) is 40.7 Å². The van der Waals surface area contributed by atoms with Gasteiger partial charge in [0.05, 0.1) is 25.8 Å². The molecule has 0 spiro atoms. The Morgan fingerprint density at radius 1 is 1.27 bits per heavy atom. The van der Waals surface area contributed by atoms with Gasteiger partial charge in [-0.2, -0.15) is 5.10 Å². The number of hydrogen-bond donors (Lipinski definition) is 1. The van der Waals surface area contributed by atoms with Gasteiger partial charge in [-0.1, -0.05) is 19.9 Å². The molecule has 2 aromatic rings. The summed E-state index contributed by atoms with van der Waals surface area (Å²) >= 11 is 0. The van der Waals surface area contributed by atoms with Crippen LogP contribution in [-0.2, 0) is 17.8 Å². The molecule has 2 rings (SSSR count). The van der Waals surface area contributed by atoms with Crippen LogP contribution in [0.5, 0.6) is 11.5 Å². The Morgan fingerprint density at radius 3 is 2.69 bits per heavy atom. The van der Waals surface area contributed by atoms with Crippen LogP contribution >= 0.6 is 0 Å². The highest BCUT2D eigenvalue weighted by Gasteiger charge is 2.15. The Bertz CT molecular complexity index is 738. The fourth-order valence-corrected chi connectivity index (χ4v) is 2.79. The second-order valence-corrected chi connectivity index (χ2v) is 6.78. The average molecular weight is 359 g/mol. The average Bonchev–Trinajstić information content (AvgIpc) is 2.86. The number of nitrogens with zero attached hydrogens (tertiary/aromatic N) is 2. The zero-order chi connectivity index (χ0) is 19.1. The highest BCUT2D eigenvalue weighted by molar-refractivity contribution is 5.79. The van der Waals surface area contributed by atoms with Gasteiger partial charge < -0.3 is 14.8 Å². The molecular formula is C20H29N3O3. The lowest BCUT2D eigenvalue weighted by molar-refractivity contribution is -0.120. The number of carbonyl (C=O) groups excluding carboxylic acids is 1. The van der Waals surface area contributed by atoms with Crippen molar-refractivity contribution in [2.75, 3.05) is 20.3 Å². The summed E-state index contributed by atoms with van der Waals surface area (Å²) < 4.78 is 12.8. The molecule has 1 amide bonds. The number of ether oxygens (including phenoxy) is 2. The van der Waals surface area contributed by atoms with Gasteiger partial charge in [0.2, 0.25) is 5.91 Å². The zero-order valence-electron chi connectivity index (χ0n) is 16.3. The third-order valence-corrected chi connectivity index (χ3v) is 4.14. The van der Waals surface area contributed by atoms with Crippen LogP contribution in [0.3, 0.4) is 0 Å². The molecule has 1 heterocycles. The Balaban J connectivity index is 1.81. The SMILES string of the molecule is COc1cccc(OCCNC(=O)Cc2c(C)nn(CC(C)C)c2C)c1. The van der Waals surface area contributed by atoms with Crippen molar-refractivity contribution in [1.29, 1.82) is 0 Å². The number of hydrogen-bond acceptors (Lipinski definition) is 4. The van der Waals surface area contributed by atoms with Gasteiger partial charge in [0, 0.05) is 23.9 Å². The number of aromatic nitrogens is 2. The molecule has 0 atom stereocenters. The third kappa shape index (κ3) is 5.51. The molecule has 0 unspecified atom stereocenters. The molecule has 0 aliphatic heterocycles. The summed E-state index contributed by atoms with van der Waals surface area (Å²) in [5, 5.41) is 7.46. The van der Waals surface area contributed by atoms with Crippen molar-refractivity contribution in [3.05, 3.63) is 41.2 Å². The van der Waals surface area contributed by atoms with Crippen molar-refractivity contribution in [1.82, 2.24) is 15.1 Å². The first kappa shape index (κ1) is 19.8. The molecule has 0 radical (unpaired) electrons. The topological polar surface area (TPSA) is 65.4 Å². The van der Waals surface area contributed by atoms with Crippen LogP contribution in [0.1, 0.15) is 30.8 Å². The van der Waals surface area contributed by atoms with Crippen LogP contribution in [0, 0.1) is 19.8 Å². The predicted octanol–water partition coefficient (Wildman–Crippen LogP) is 2.90. The summed E-state index contributed by atoms with van der Waals surface area (Å²) in [5.74, 6) is 1.97. The molecule has 0 bridgehead atoms. The van der Waals surface area contributed by atoms with Crippen LogP contribution in [0.25, 0.3) is 0 Å². The van der Waals surface area contributed by atoms with Crippen molar-refractivity contribution in [3.8, 4) is 11.5 Å². The lowest BCUT2D eigenvalue weighted by atomic mass is 10.1. The van der Waals surface area contributed by atoms with E-state index < -0.39 is 0 Å². The first-order chi connectivity index (χ1) is 12.4. The molecule has 0 fully saturated rings. The van der Waals surface area contributed by atoms with E-state index in [1.165, 1.54) is 0 Å². The molecule has 0 aliphatic carbocycles. The first-order valence-electron chi connectivity index (χ1n) is 8.97. The molecule has 0 saturated carbocycles. The van der Waals surface area contributed by atoms with Gasteiger partial charge in [-0.15, -0.1) is 0 Å². The van der Waals surface area contributed by atoms with Crippen LogP contribution in [0.15, 0.2) is 24.3 Å².